The Morgan fingerprint density at radius 2 is 2.33 bits per heavy atom. The summed E-state index contributed by atoms with van der Waals surface area (Å²) in [6.07, 6.45) is 0.960. The van der Waals surface area contributed by atoms with E-state index in [1.807, 2.05) is 0 Å². The van der Waals surface area contributed by atoms with E-state index in [0.29, 0.717) is 23.7 Å². The van der Waals surface area contributed by atoms with Gasteiger partial charge in [-0.3, -0.25) is 0 Å². The Balaban J connectivity index is 2.02. The zero-order valence-corrected chi connectivity index (χ0v) is 10.1. The molecule has 0 radical (unpaired) electrons. The number of nitriles is 1. The average Bonchev–Trinajstić information content (AvgIpc) is 2.85. The van der Waals surface area contributed by atoms with E-state index in [-0.39, 0.29) is 0 Å². The zero-order chi connectivity index (χ0) is 12.8. The molecule has 6 nitrogen and oxygen atoms in total. The third-order valence-electron chi connectivity index (χ3n) is 2.37. The van der Waals surface area contributed by atoms with Crippen LogP contribution in [0.2, 0.25) is 0 Å². The normalized spacial score (nSPS) is 10.0. The van der Waals surface area contributed by atoms with Crippen LogP contribution >= 0.6 is 0 Å². The van der Waals surface area contributed by atoms with Crippen molar-refractivity contribution in [3.8, 4) is 11.8 Å². The monoisotopic (exact) mass is 243 g/mol. The molecule has 0 unspecified atom stereocenters. The van der Waals surface area contributed by atoms with E-state index in [0.717, 1.165) is 13.0 Å². The first kappa shape index (κ1) is 12.0. The summed E-state index contributed by atoms with van der Waals surface area (Å²) in [5, 5.41) is 20.2. The summed E-state index contributed by atoms with van der Waals surface area (Å²) in [5.74, 6) is 1.32. The van der Waals surface area contributed by atoms with Gasteiger partial charge in [0.15, 0.2) is 5.82 Å². The zero-order valence-electron chi connectivity index (χ0n) is 10.1. The van der Waals surface area contributed by atoms with Crippen LogP contribution in [0.25, 0.3) is 0 Å². The molecule has 1 aromatic carbocycles. The molecule has 0 aliphatic carbocycles. The van der Waals surface area contributed by atoms with Gasteiger partial charge in [-0.15, -0.1) is 5.10 Å². The van der Waals surface area contributed by atoms with E-state index < -0.39 is 0 Å². The summed E-state index contributed by atoms with van der Waals surface area (Å²) in [6, 6.07) is 9.07. The van der Waals surface area contributed by atoms with E-state index in [4.69, 9.17) is 10.00 Å². The Kier molecular flexibility index (Phi) is 3.86. The molecule has 92 valence electrons. The highest BCUT2D eigenvalue weighted by Gasteiger charge is 2.06. The summed E-state index contributed by atoms with van der Waals surface area (Å²) in [6.45, 7) is 3.12. The number of tetrazole rings is 1. The Labute approximate surface area is 105 Å². The van der Waals surface area contributed by atoms with Crippen molar-refractivity contribution in [2.24, 2.45) is 0 Å². The highest BCUT2D eigenvalue weighted by molar-refractivity contribution is 5.36. The van der Waals surface area contributed by atoms with E-state index in [1.54, 1.807) is 28.9 Å². The molecule has 0 saturated heterocycles. The molecule has 0 aliphatic rings. The van der Waals surface area contributed by atoms with E-state index in [2.05, 4.69) is 28.5 Å². The Morgan fingerprint density at radius 1 is 1.44 bits per heavy atom. The number of ether oxygens (including phenoxy) is 1. The molecule has 0 saturated carbocycles. The smallest absolute Gasteiger partial charge is 0.189 e. The van der Waals surface area contributed by atoms with Gasteiger partial charge >= 0.3 is 0 Å². The first-order valence-electron chi connectivity index (χ1n) is 5.71. The maximum Gasteiger partial charge on any atom is 0.189 e. The molecule has 2 aromatic rings. The number of rotatable bonds is 5. The SMILES string of the molecule is CCCn1nnnc1COc1cccc(C#N)c1. The van der Waals surface area contributed by atoms with Crippen LogP contribution in [0, 0.1) is 11.3 Å². The number of hydrogen-bond donors (Lipinski definition) is 0. The highest BCUT2D eigenvalue weighted by atomic mass is 16.5. The van der Waals surface area contributed by atoms with Gasteiger partial charge < -0.3 is 4.74 Å². The summed E-state index contributed by atoms with van der Waals surface area (Å²) >= 11 is 0. The molecular formula is C12H13N5O. The lowest BCUT2D eigenvalue weighted by atomic mass is 10.2. The van der Waals surface area contributed by atoms with Gasteiger partial charge in [0.25, 0.3) is 0 Å². The van der Waals surface area contributed by atoms with Crippen molar-refractivity contribution in [2.75, 3.05) is 0 Å². The van der Waals surface area contributed by atoms with Crippen molar-refractivity contribution in [1.29, 1.82) is 5.26 Å². The van der Waals surface area contributed by atoms with Gasteiger partial charge in [0.1, 0.15) is 12.4 Å². The van der Waals surface area contributed by atoms with Gasteiger partial charge in [0, 0.05) is 6.54 Å². The van der Waals surface area contributed by atoms with Crippen molar-refractivity contribution >= 4 is 0 Å². The van der Waals surface area contributed by atoms with Gasteiger partial charge in [-0.1, -0.05) is 13.0 Å². The van der Waals surface area contributed by atoms with Gasteiger partial charge in [-0.05, 0) is 35.0 Å². The van der Waals surface area contributed by atoms with E-state index >= 15 is 0 Å². The molecule has 1 heterocycles. The second kappa shape index (κ2) is 5.77. The second-order valence-electron chi connectivity index (χ2n) is 3.75. The summed E-state index contributed by atoms with van der Waals surface area (Å²) in [7, 11) is 0. The lowest BCUT2D eigenvalue weighted by molar-refractivity contribution is 0.286. The van der Waals surface area contributed by atoms with Gasteiger partial charge in [0.05, 0.1) is 11.6 Å². The van der Waals surface area contributed by atoms with Crippen molar-refractivity contribution in [3.05, 3.63) is 35.7 Å². The largest absolute Gasteiger partial charge is 0.486 e. The van der Waals surface area contributed by atoms with Gasteiger partial charge in [0.2, 0.25) is 0 Å². The molecule has 0 spiro atoms. The molecule has 1 aromatic heterocycles. The minimum atomic E-state index is 0.294. The third-order valence-corrected chi connectivity index (χ3v) is 2.37. The number of aryl methyl sites for hydroxylation is 1. The molecule has 0 amide bonds. The molecule has 2 rings (SSSR count). The quantitative estimate of drug-likeness (QED) is 0.796. The number of hydrogen-bond acceptors (Lipinski definition) is 5. The van der Waals surface area contributed by atoms with Crippen LogP contribution in [0.4, 0.5) is 0 Å². The van der Waals surface area contributed by atoms with E-state index in [9.17, 15) is 0 Å². The Hall–Kier alpha value is -2.42. The second-order valence-corrected chi connectivity index (χ2v) is 3.75. The van der Waals surface area contributed by atoms with Crippen molar-refractivity contribution in [3.63, 3.8) is 0 Å². The molecular weight excluding hydrogens is 230 g/mol. The molecule has 0 N–H and O–H groups in total. The molecule has 0 aliphatic heterocycles. The van der Waals surface area contributed by atoms with Crippen LogP contribution in [0.3, 0.4) is 0 Å². The fraction of sp³-hybridized carbons (Fsp3) is 0.333. The van der Waals surface area contributed by atoms with Gasteiger partial charge in [-0.25, -0.2) is 4.68 Å². The fourth-order valence-electron chi connectivity index (χ4n) is 1.52. The van der Waals surface area contributed by atoms with Crippen LogP contribution in [0.1, 0.15) is 24.7 Å². The van der Waals surface area contributed by atoms with Crippen LogP contribution in [0.5, 0.6) is 5.75 Å². The van der Waals surface area contributed by atoms with Crippen LogP contribution in [-0.2, 0) is 13.2 Å². The van der Waals surface area contributed by atoms with Gasteiger partial charge in [-0.2, -0.15) is 5.26 Å². The first-order chi connectivity index (χ1) is 8.83. The molecule has 18 heavy (non-hydrogen) atoms. The number of nitrogens with zero attached hydrogens (tertiary/aromatic N) is 5. The van der Waals surface area contributed by atoms with Crippen LogP contribution < -0.4 is 4.74 Å². The van der Waals surface area contributed by atoms with Crippen molar-refractivity contribution < 1.29 is 4.74 Å². The minimum absolute atomic E-state index is 0.294. The summed E-state index contributed by atoms with van der Waals surface area (Å²) < 4.78 is 7.28. The Bertz CT molecular complexity index is 558. The van der Waals surface area contributed by atoms with Crippen LogP contribution in [-0.4, -0.2) is 20.2 Å². The summed E-state index contributed by atoms with van der Waals surface area (Å²) in [4.78, 5) is 0. The maximum absolute atomic E-state index is 8.79. The fourth-order valence-corrected chi connectivity index (χ4v) is 1.52. The van der Waals surface area contributed by atoms with Crippen molar-refractivity contribution in [1.82, 2.24) is 20.2 Å². The standard InChI is InChI=1S/C12H13N5O/c1-2-6-17-12(14-15-16-17)9-18-11-5-3-4-10(7-11)8-13/h3-5,7H,2,6,9H2,1H3. The predicted octanol–water partition coefficient (Wildman–Crippen LogP) is 1.53. The minimum Gasteiger partial charge on any atom is -0.486 e. The maximum atomic E-state index is 8.79. The third kappa shape index (κ3) is 2.83. The van der Waals surface area contributed by atoms with E-state index in [1.165, 1.54) is 0 Å². The predicted molar refractivity (Wildman–Crippen MR) is 63.6 cm³/mol. The first-order valence-corrected chi connectivity index (χ1v) is 5.71. The summed E-state index contributed by atoms with van der Waals surface area (Å²) in [5.41, 5.74) is 0.570. The Morgan fingerprint density at radius 3 is 3.11 bits per heavy atom. The van der Waals surface area contributed by atoms with Crippen molar-refractivity contribution in [2.45, 2.75) is 26.5 Å². The van der Waals surface area contributed by atoms with Crippen LogP contribution in [0.15, 0.2) is 24.3 Å². The average molecular weight is 243 g/mol. The molecule has 0 atom stereocenters. The molecule has 6 heteroatoms. The highest BCUT2D eigenvalue weighted by Crippen LogP contribution is 2.13. The molecule has 0 bridgehead atoms. The topological polar surface area (TPSA) is 76.6 Å². The molecule has 0 fully saturated rings. The number of benzene rings is 1. The number of aromatic nitrogens is 4. The lowest BCUT2D eigenvalue weighted by Gasteiger charge is -2.06. The lowest BCUT2D eigenvalue weighted by Crippen LogP contribution is -2.08.